The Balaban J connectivity index is 2.01. The van der Waals surface area contributed by atoms with Crippen molar-refractivity contribution in [1.82, 2.24) is 4.68 Å². The van der Waals surface area contributed by atoms with Gasteiger partial charge in [-0.3, -0.25) is 0 Å². The monoisotopic (exact) mass is 284 g/mol. The molecular weight excluding hydrogens is 268 g/mol. The van der Waals surface area contributed by atoms with Gasteiger partial charge in [0, 0.05) is 10.8 Å². The molecule has 0 radical (unpaired) electrons. The summed E-state index contributed by atoms with van der Waals surface area (Å²) in [6.07, 6.45) is 0. The maximum absolute atomic E-state index is 4.88. The van der Waals surface area contributed by atoms with Gasteiger partial charge in [0.1, 0.15) is 0 Å². The summed E-state index contributed by atoms with van der Waals surface area (Å²) >= 11 is 0. The summed E-state index contributed by atoms with van der Waals surface area (Å²) in [6.45, 7) is 2.05. The number of para-hydroxylation sites is 2. The molecule has 0 aliphatic heterocycles. The quantitative estimate of drug-likeness (QED) is 0.457. The van der Waals surface area contributed by atoms with Crippen LogP contribution in [0.15, 0.2) is 84.0 Å². The number of hydrogen-bond donors (Lipinski definition) is 0. The molecule has 0 bridgehead atoms. The van der Waals surface area contributed by atoms with Crippen molar-refractivity contribution in [2.24, 2.45) is 5.10 Å². The molecule has 4 rings (SSSR count). The normalized spacial score (nSPS) is 12.1. The smallest absolute Gasteiger partial charge is 0.0732 e. The fraction of sp³-hybridized carbons (Fsp3) is 0.0500. The van der Waals surface area contributed by atoms with Crippen LogP contribution in [0, 0.1) is 0 Å². The van der Waals surface area contributed by atoms with E-state index in [0.717, 1.165) is 22.3 Å². The molecule has 4 aromatic rings. The summed E-state index contributed by atoms with van der Waals surface area (Å²) in [4.78, 5) is 0. The Hall–Kier alpha value is -2.87. The Morgan fingerprint density at radius 3 is 1.77 bits per heavy atom. The Morgan fingerprint density at radius 1 is 0.682 bits per heavy atom. The van der Waals surface area contributed by atoms with Crippen molar-refractivity contribution in [3.8, 4) is 0 Å². The van der Waals surface area contributed by atoms with E-state index < -0.39 is 0 Å². The van der Waals surface area contributed by atoms with E-state index in [-0.39, 0.29) is 0 Å². The van der Waals surface area contributed by atoms with Crippen molar-refractivity contribution < 1.29 is 0 Å². The number of benzene rings is 3. The predicted molar refractivity (Wildman–Crippen MR) is 93.5 cm³/mol. The van der Waals surface area contributed by atoms with Crippen molar-refractivity contribution in [2.75, 3.05) is 0 Å². The van der Waals surface area contributed by atoms with E-state index in [0.29, 0.717) is 0 Å². The first kappa shape index (κ1) is 12.8. The molecule has 0 saturated carbocycles. The van der Waals surface area contributed by atoms with Crippen LogP contribution in [0.3, 0.4) is 0 Å². The Kier molecular flexibility index (Phi) is 3.01. The van der Waals surface area contributed by atoms with Crippen molar-refractivity contribution in [1.29, 1.82) is 0 Å². The zero-order chi connectivity index (χ0) is 14.9. The minimum Gasteiger partial charge on any atom is -0.232 e. The number of aromatic nitrogens is 1. The zero-order valence-electron chi connectivity index (χ0n) is 12.4. The second-order valence-electron chi connectivity index (χ2n) is 5.40. The van der Waals surface area contributed by atoms with Crippen molar-refractivity contribution in [3.05, 3.63) is 84.4 Å². The minimum atomic E-state index is 1.01. The van der Waals surface area contributed by atoms with E-state index in [4.69, 9.17) is 5.10 Å². The summed E-state index contributed by atoms with van der Waals surface area (Å²) < 4.78 is 2.05. The molecule has 0 spiro atoms. The van der Waals surface area contributed by atoms with Crippen molar-refractivity contribution in [2.45, 2.75) is 6.92 Å². The molecule has 2 nitrogen and oxygen atoms in total. The maximum atomic E-state index is 4.88. The second-order valence-corrected chi connectivity index (χ2v) is 5.40. The van der Waals surface area contributed by atoms with Gasteiger partial charge in [-0.05, 0) is 24.6 Å². The summed E-state index contributed by atoms with van der Waals surface area (Å²) in [5.41, 5.74) is 4.43. The van der Waals surface area contributed by atoms with Crippen LogP contribution in [-0.2, 0) is 0 Å². The number of nitrogens with zero attached hydrogens (tertiary/aromatic N) is 2. The summed E-state index contributed by atoms with van der Waals surface area (Å²) in [5, 5.41) is 7.36. The van der Waals surface area contributed by atoms with Gasteiger partial charge < -0.3 is 0 Å². The fourth-order valence-electron chi connectivity index (χ4n) is 2.90. The van der Waals surface area contributed by atoms with E-state index in [9.17, 15) is 0 Å². The highest BCUT2D eigenvalue weighted by Gasteiger charge is 2.09. The van der Waals surface area contributed by atoms with Crippen LogP contribution < -0.4 is 0 Å². The lowest BCUT2D eigenvalue weighted by molar-refractivity contribution is 0.964. The average Bonchev–Trinajstić information content (AvgIpc) is 2.90. The van der Waals surface area contributed by atoms with Crippen LogP contribution in [0.5, 0.6) is 0 Å². The van der Waals surface area contributed by atoms with E-state index in [1.54, 1.807) is 0 Å². The molecule has 0 aliphatic carbocycles. The third kappa shape index (κ3) is 2.01. The standard InChI is InChI=1S/C20H16N2/c1-15(16-9-3-2-4-10-16)21-22-19-13-7-5-11-17(19)18-12-6-8-14-20(18)22/h2-14H,1H3/b21-15-. The third-order valence-electron chi connectivity index (χ3n) is 4.00. The minimum absolute atomic E-state index is 1.01. The average molecular weight is 284 g/mol. The molecule has 3 aromatic carbocycles. The summed E-state index contributed by atoms with van der Waals surface area (Å²) in [5.74, 6) is 0. The van der Waals surface area contributed by atoms with Crippen LogP contribution >= 0.6 is 0 Å². The lowest BCUT2D eigenvalue weighted by Gasteiger charge is -2.04. The number of fused-ring (bicyclic) bond motifs is 3. The van der Waals surface area contributed by atoms with Crippen molar-refractivity contribution >= 4 is 27.5 Å². The van der Waals surface area contributed by atoms with Gasteiger partial charge in [-0.1, -0.05) is 66.7 Å². The molecule has 1 aromatic heterocycles. The zero-order valence-corrected chi connectivity index (χ0v) is 12.4. The van der Waals surface area contributed by atoms with Crippen molar-refractivity contribution in [3.63, 3.8) is 0 Å². The van der Waals surface area contributed by atoms with Gasteiger partial charge in [-0.2, -0.15) is 5.10 Å². The first-order chi connectivity index (χ1) is 10.8. The Morgan fingerprint density at radius 2 is 1.18 bits per heavy atom. The molecular formula is C20H16N2. The Labute approximate surface area is 129 Å². The molecule has 22 heavy (non-hydrogen) atoms. The van der Waals surface area contributed by atoms with Gasteiger partial charge in [0.05, 0.1) is 16.7 Å². The molecule has 106 valence electrons. The van der Waals surface area contributed by atoms with Gasteiger partial charge in [0.2, 0.25) is 0 Å². The molecule has 0 saturated heterocycles. The van der Waals surface area contributed by atoms with Crippen LogP contribution in [0.4, 0.5) is 0 Å². The molecule has 0 amide bonds. The van der Waals surface area contributed by atoms with Gasteiger partial charge in [0.15, 0.2) is 0 Å². The first-order valence-electron chi connectivity index (χ1n) is 7.44. The topological polar surface area (TPSA) is 17.3 Å². The molecule has 0 unspecified atom stereocenters. The second kappa shape index (κ2) is 5.15. The molecule has 1 heterocycles. The summed E-state index contributed by atoms with van der Waals surface area (Å²) in [7, 11) is 0. The van der Waals surface area contributed by atoms with Crippen LogP contribution in [-0.4, -0.2) is 10.4 Å². The van der Waals surface area contributed by atoms with E-state index in [1.165, 1.54) is 10.8 Å². The molecule has 0 atom stereocenters. The van der Waals surface area contributed by atoms with E-state index in [1.807, 2.05) is 22.9 Å². The highest BCUT2D eigenvalue weighted by atomic mass is 15.3. The van der Waals surface area contributed by atoms with Crippen LogP contribution in [0.25, 0.3) is 21.8 Å². The maximum Gasteiger partial charge on any atom is 0.0732 e. The van der Waals surface area contributed by atoms with Crippen LogP contribution in [0.2, 0.25) is 0 Å². The molecule has 2 heteroatoms. The highest BCUT2D eigenvalue weighted by Crippen LogP contribution is 2.28. The largest absolute Gasteiger partial charge is 0.232 e. The lowest BCUT2D eigenvalue weighted by atomic mass is 10.1. The third-order valence-corrected chi connectivity index (χ3v) is 4.00. The van der Waals surface area contributed by atoms with Gasteiger partial charge in [0.25, 0.3) is 0 Å². The predicted octanol–water partition coefficient (Wildman–Crippen LogP) is 5.07. The highest BCUT2D eigenvalue weighted by molar-refractivity contribution is 6.08. The molecule has 0 fully saturated rings. The van der Waals surface area contributed by atoms with Gasteiger partial charge in [-0.15, -0.1) is 0 Å². The Bertz CT molecular complexity index is 925. The molecule has 0 N–H and O–H groups in total. The SMILES string of the molecule is C/C(=N/n1c2ccccc2c2ccccc21)c1ccccc1. The number of rotatable bonds is 2. The fourth-order valence-corrected chi connectivity index (χ4v) is 2.90. The number of hydrogen-bond acceptors (Lipinski definition) is 1. The first-order valence-corrected chi connectivity index (χ1v) is 7.44. The van der Waals surface area contributed by atoms with Gasteiger partial charge in [-0.25, -0.2) is 4.68 Å². The lowest BCUT2D eigenvalue weighted by Crippen LogP contribution is -1.99. The van der Waals surface area contributed by atoms with E-state index in [2.05, 4.69) is 67.6 Å². The van der Waals surface area contributed by atoms with E-state index >= 15 is 0 Å². The summed E-state index contributed by atoms with van der Waals surface area (Å²) in [6, 6.07) is 27.1. The van der Waals surface area contributed by atoms with Gasteiger partial charge >= 0.3 is 0 Å². The van der Waals surface area contributed by atoms with Crippen LogP contribution in [0.1, 0.15) is 12.5 Å². The molecule has 0 aliphatic rings.